The fourth-order valence-corrected chi connectivity index (χ4v) is 3.47. The van der Waals surface area contributed by atoms with E-state index in [0.29, 0.717) is 25.4 Å². The van der Waals surface area contributed by atoms with E-state index in [1.54, 1.807) is 18.2 Å². The molecule has 0 aliphatic carbocycles. The second-order valence-corrected chi connectivity index (χ2v) is 5.87. The molecule has 0 unspecified atom stereocenters. The number of hydrogen-bond donors (Lipinski definition) is 1. The molecule has 0 aliphatic rings. The lowest BCUT2D eigenvalue weighted by Gasteiger charge is -2.26. The van der Waals surface area contributed by atoms with Gasteiger partial charge in [-0.15, -0.1) is 0 Å². The first kappa shape index (κ1) is 16.1. The number of benzene rings is 1. The molecule has 1 aromatic carbocycles. The smallest absolute Gasteiger partial charge is 0.508 e. The zero-order chi connectivity index (χ0) is 14.1. The highest BCUT2D eigenvalue weighted by molar-refractivity contribution is 6.53. The third-order valence-corrected chi connectivity index (χ3v) is 4.78. The summed E-state index contributed by atoms with van der Waals surface area (Å²) in [5, 5.41) is 9.71. The maximum Gasteiger partial charge on any atom is 0.679 e. The lowest BCUT2D eigenvalue weighted by atomic mass is 10.2. The molecular weight excluding hydrogens is 264 g/mol. The molecule has 0 amide bonds. The average Bonchev–Trinajstić information content (AvgIpc) is 2.39. The van der Waals surface area contributed by atoms with Crippen LogP contribution < -0.4 is 0 Å². The number of aromatic hydroxyl groups is 1. The molecule has 0 aromatic heterocycles. The summed E-state index contributed by atoms with van der Waals surface area (Å²) in [6.45, 7) is 7.14. The Labute approximate surface area is 115 Å². The van der Waals surface area contributed by atoms with Gasteiger partial charge in [0, 0.05) is 25.4 Å². The molecule has 0 aliphatic heterocycles. The Hall–Kier alpha value is -0.923. The molecule has 1 aromatic rings. The van der Waals surface area contributed by atoms with Crippen LogP contribution in [0.4, 0.5) is 0 Å². The highest BCUT2D eigenvalue weighted by Crippen LogP contribution is 2.20. The van der Waals surface area contributed by atoms with Crippen molar-refractivity contribution in [2.75, 3.05) is 19.8 Å². The third kappa shape index (κ3) is 4.92. The van der Waals surface area contributed by atoms with Crippen LogP contribution in [0.25, 0.3) is 0 Å². The quantitative estimate of drug-likeness (QED) is 0.707. The highest BCUT2D eigenvalue weighted by atomic mass is 28.4. The Morgan fingerprint density at radius 1 is 0.895 bits per heavy atom. The number of phenols is 1. The van der Waals surface area contributed by atoms with Crippen LogP contribution in [0.1, 0.15) is 26.3 Å². The van der Waals surface area contributed by atoms with Crippen molar-refractivity contribution in [3.05, 3.63) is 29.8 Å². The minimum atomic E-state index is -3.11. The van der Waals surface area contributed by atoms with E-state index >= 15 is 0 Å². The summed E-state index contributed by atoms with van der Waals surface area (Å²) in [4.78, 5) is 0. The van der Waals surface area contributed by atoms with Gasteiger partial charge in [-0.1, -0.05) is 18.2 Å². The van der Waals surface area contributed by atoms with Gasteiger partial charge in [-0.25, -0.2) is 0 Å². The van der Waals surface area contributed by atoms with Crippen LogP contribution in [0, 0.1) is 0 Å². The van der Waals surface area contributed by atoms with Gasteiger partial charge in [0.15, 0.2) is 0 Å². The Bertz CT molecular complexity index is 355. The van der Waals surface area contributed by atoms with Crippen LogP contribution in [-0.2, 0) is 24.3 Å². The van der Waals surface area contributed by atoms with Crippen molar-refractivity contribution in [1.29, 1.82) is 0 Å². The van der Waals surface area contributed by atoms with E-state index in [-0.39, 0.29) is 12.4 Å². The summed E-state index contributed by atoms with van der Waals surface area (Å²) in [5.74, 6) is 0.190. The standard InChI is InChI=1S/C13H22O5Si/c1-4-15-19(16-5-2,17-6-3)18-11-12-9-7-8-10-13(12)14/h7-10,14H,4-6,11H2,1-3H3. The zero-order valence-corrected chi connectivity index (χ0v) is 12.7. The third-order valence-electron chi connectivity index (χ3n) is 2.36. The first-order chi connectivity index (χ1) is 9.17. The van der Waals surface area contributed by atoms with E-state index in [2.05, 4.69) is 0 Å². The molecule has 6 heteroatoms. The summed E-state index contributed by atoms with van der Waals surface area (Å²) < 4.78 is 22.4. The minimum absolute atomic E-state index is 0.190. The summed E-state index contributed by atoms with van der Waals surface area (Å²) in [5.41, 5.74) is 0.679. The van der Waals surface area contributed by atoms with Crippen LogP contribution in [0.5, 0.6) is 5.75 Å². The number of hydrogen-bond acceptors (Lipinski definition) is 5. The molecule has 0 radical (unpaired) electrons. The Kier molecular flexibility index (Phi) is 7.04. The average molecular weight is 286 g/mol. The Balaban J connectivity index is 2.73. The van der Waals surface area contributed by atoms with Crippen molar-refractivity contribution >= 4 is 9.05 Å². The van der Waals surface area contributed by atoms with E-state index in [4.69, 9.17) is 17.7 Å². The minimum Gasteiger partial charge on any atom is -0.508 e. The molecular formula is C13H22O5Si. The molecule has 0 saturated heterocycles. The molecule has 5 nitrogen and oxygen atoms in total. The van der Waals surface area contributed by atoms with Crippen molar-refractivity contribution in [1.82, 2.24) is 0 Å². The topological polar surface area (TPSA) is 57.2 Å². The predicted octanol–water partition coefficient (Wildman–Crippen LogP) is 2.45. The van der Waals surface area contributed by atoms with Crippen LogP contribution in [0.3, 0.4) is 0 Å². The van der Waals surface area contributed by atoms with Gasteiger partial charge in [-0.3, -0.25) is 0 Å². The SMILES string of the molecule is CCO[Si](OCC)(OCC)OCc1ccccc1O. The van der Waals surface area contributed by atoms with Crippen LogP contribution in [0.2, 0.25) is 0 Å². The van der Waals surface area contributed by atoms with Crippen molar-refractivity contribution in [3.8, 4) is 5.75 Å². The summed E-state index contributed by atoms with van der Waals surface area (Å²) in [7, 11) is -3.11. The first-order valence-electron chi connectivity index (χ1n) is 6.50. The molecule has 0 spiro atoms. The lowest BCUT2D eigenvalue weighted by Crippen LogP contribution is -2.49. The van der Waals surface area contributed by atoms with Gasteiger partial charge in [0.1, 0.15) is 5.75 Å². The molecule has 0 fully saturated rings. The molecule has 0 atom stereocenters. The maximum atomic E-state index is 9.71. The molecule has 1 N–H and O–H groups in total. The Morgan fingerprint density at radius 3 is 1.89 bits per heavy atom. The van der Waals surface area contributed by atoms with Gasteiger partial charge in [0.25, 0.3) is 0 Å². The van der Waals surface area contributed by atoms with E-state index in [1.807, 2.05) is 26.8 Å². The van der Waals surface area contributed by atoms with Gasteiger partial charge >= 0.3 is 9.05 Å². The summed E-state index contributed by atoms with van der Waals surface area (Å²) in [6.07, 6.45) is 0. The number of rotatable bonds is 9. The van der Waals surface area contributed by atoms with E-state index in [1.165, 1.54) is 0 Å². The fraction of sp³-hybridized carbons (Fsp3) is 0.538. The van der Waals surface area contributed by atoms with Crippen molar-refractivity contribution in [2.45, 2.75) is 27.4 Å². The molecule has 0 heterocycles. The first-order valence-corrected chi connectivity index (χ1v) is 8.13. The number of para-hydroxylation sites is 1. The molecule has 0 saturated carbocycles. The normalized spacial score (nSPS) is 11.7. The second kappa shape index (κ2) is 8.29. The largest absolute Gasteiger partial charge is 0.679 e. The fourth-order valence-electron chi connectivity index (χ4n) is 1.58. The predicted molar refractivity (Wildman–Crippen MR) is 73.5 cm³/mol. The van der Waals surface area contributed by atoms with Gasteiger partial charge < -0.3 is 22.8 Å². The Morgan fingerprint density at radius 2 is 1.42 bits per heavy atom. The van der Waals surface area contributed by atoms with Crippen molar-refractivity contribution in [2.24, 2.45) is 0 Å². The monoisotopic (exact) mass is 286 g/mol. The molecule has 19 heavy (non-hydrogen) atoms. The van der Waals surface area contributed by atoms with Gasteiger partial charge in [0.2, 0.25) is 0 Å². The zero-order valence-electron chi connectivity index (χ0n) is 11.7. The lowest BCUT2D eigenvalue weighted by molar-refractivity contribution is -0.0321. The highest BCUT2D eigenvalue weighted by Gasteiger charge is 2.45. The summed E-state index contributed by atoms with van der Waals surface area (Å²) >= 11 is 0. The maximum absolute atomic E-state index is 9.71. The van der Waals surface area contributed by atoms with Crippen molar-refractivity contribution in [3.63, 3.8) is 0 Å². The number of phenolic OH excluding ortho intramolecular Hbond substituents is 1. The van der Waals surface area contributed by atoms with Crippen LogP contribution in [0.15, 0.2) is 24.3 Å². The van der Waals surface area contributed by atoms with E-state index < -0.39 is 9.05 Å². The van der Waals surface area contributed by atoms with Gasteiger partial charge in [-0.2, -0.15) is 0 Å². The van der Waals surface area contributed by atoms with Crippen LogP contribution in [-0.4, -0.2) is 34.0 Å². The van der Waals surface area contributed by atoms with Crippen LogP contribution >= 0.6 is 0 Å². The molecule has 0 bridgehead atoms. The van der Waals surface area contributed by atoms with E-state index in [0.717, 1.165) is 0 Å². The van der Waals surface area contributed by atoms with Crippen molar-refractivity contribution < 1.29 is 22.8 Å². The molecule has 1 rings (SSSR count). The second-order valence-electron chi connectivity index (χ2n) is 3.72. The summed E-state index contributed by atoms with van der Waals surface area (Å²) in [6, 6.07) is 7.00. The van der Waals surface area contributed by atoms with Gasteiger partial charge in [0.05, 0.1) is 6.61 Å². The van der Waals surface area contributed by atoms with Gasteiger partial charge in [-0.05, 0) is 26.8 Å². The van der Waals surface area contributed by atoms with E-state index in [9.17, 15) is 5.11 Å². The molecule has 108 valence electrons.